The van der Waals surface area contributed by atoms with Gasteiger partial charge in [0.2, 0.25) is 5.82 Å². The molecule has 0 amide bonds. The third-order valence-electron chi connectivity index (χ3n) is 3.91. The van der Waals surface area contributed by atoms with Crippen molar-refractivity contribution in [1.29, 1.82) is 0 Å². The predicted octanol–water partition coefficient (Wildman–Crippen LogP) is 3.63. The summed E-state index contributed by atoms with van der Waals surface area (Å²) in [4.78, 5) is 7.15. The SMILES string of the molecule is Nc1nc2ccc(-c3nnn(Cc4ccc(-c5nnc(C(F)F)o5)s4)n3)cc2s1. The molecule has 0 aliphatic carbocycles. The molecule has 0 bridgehead atoms. The van der Waals surface area contributed by atoms with Crippen LogP contribution in [0.5, 0.6) is 0 Å². The maximum absolute atomic E-state index is 12.6. The molecular formula is C16H10F2N8OS2. The van der Waals surface area contributed by atoms with Gasteiger partial charge in [0.15, 0.2) is 5.13 Å². The largest absolute Gasteiger partial charge is 0.414 e. The van der Waals surface area contributed by atoms with Crippen molar-refractivity contribution in [2.24, 2.45) is 0 Å². The van der Waals surface area contributed by atoms with Gasteiger partial charge in [-0.25, -0.2) is 4.98 Å². The van der Waals surface area contributed by atoms with Crippen molar-refractivity contribution < 1.29 is 13.2 Å². The minimum absolute atomic E-state index is 0.0564. The van der Waals surface area contributed by atoms with Crippen molar-refractivity contribution in [2.75, 3.05) is 5.73 Å². The highest BCUT2D eigenvalue weighted by Gasteiger charge is 2.18. The van der Waals surface area contributed by atoms with Gasteiger partial charge in [0.05, 0.1) is 21.6 Å². The first-order chi connectivity index (χ1) is 14.0. The summed E-state index contributed by atoms with van der Waals surface area (Å²) in [6.45, 7) is 0.364. The third kappa shape index (κ3) is 3.45. The van der Waals surface area contributed by atoms with Crippen LogP contribution in [0.15, 0.2) is 34.7 Å². The maximum atomic E-state index is 12.6. The second kappa shape index (κ2) is 6.93. The number of hydrogen-bond donors (Lipinski definition) is 1. The first kappa shape index (κ1) is 17.8. The number of thiophene rings is 1. The highest BCUT2D eigenvalue weighted by molar-refractivity contribution is 7.22. The van der Waals surface area contributed by atoms with Crippen LogP contribution in [0.4, 0.5) is 13.9 Å². The number of tetrazole rings is 1. The number of fused-ring (bicyclic) bond motifs is 1. The minimum atomic E-state index is -2.80. The predicted molar refractivity (Wildman–Crippen MR) is 103 cm³/mol. The van der Waals surface area contributed by atoms with Gasteiger partial charge in [0, 0.05) is 10.4 Å². The molecule has 4 aromatic heterocycles. The second-order valence-corrected chi connectivity index (χ2v) is 8.12. The van der Waals surface area contributed by atoms with Gasteiger partial charge in [0.1, 0.15) is 0 Å². The van der Waals surface area contributed by atoms with Crippen LogP contribution >= 0.6 is 22.7 Å². The highest BCUT2D eigenvalue weighted by Crippen LogP contribution is 2.30. The number of nitrogens with two attached hydrogens (primary N) is 1. The van der Waals surface area contributed by atoms with Crippen LogP contribution in [0.25, 0.3) is 32.4 Å². The number of anilines is 1. The molecule has 13 heteroatoms. The molecule has 146 valence electrons. The Morgan fingerprint density at radius 2 is 2.00 bits per heavy atom. The molecule has 1 aromatic carbocycles. The van der Waals surface area contributed by atoms with Crippen molar-refractivity contribution in [3.8, 4) is 22.2 Å². The fraction of sp³-hybridized carbons (Fsp3) is 0.125. The lowest BCUT2D eigenvalue weighted by Gasteiger charge is -1.95. The topological polar surface area (TPSA) is 121 Å². The Kier molecular flexibility index (Phi) is 4.24. The molecule has 0 aliphatic heterocycles. The van der Waals surface area contributed by atoms with Gasteiger partial charge in [-0.15, -0.1) is 31.7 Å². The summed E-state index contributed by atoms with van der Waals surface area (Å²) in [5.41, 5.74) is 7.37. The number of benzene rings is 1. The van der Waals surface area contributed by atoms with E-state index in [1.165, 1.54) is 27.5 Å². The van der Waals surface area contributed by atoms with E-state index >= 15 is 0 Å². The zero-order valence-corrected chi connectivity index (χ0v) is 16.0. The quantitative estimate of drug-likeness (QED) is 0.447. The van der Waals surface area contributed by atoms with E-state index in [2.05, 4.69) is 30.6 Å². The number of alkyl halides is 2. The van der Waals surface area contributed by atoms with Crippen molar-refractivity contribution in [1.82, 2.24) is 35.4 Å². The van der Waals surface area contributed by atoms with E-state index in [0.717, 1.165) is 20.7 Å². The van der Waals surface area contributed by atoms with Crippen molar-refractivity contribution in [3.63, 3.8) is 0 Å². The molecule has 0 atom stereocenters. The fourth-order valence-corrected chi connectivity index (χ4v) is 4.32. The van der Waals surface area contributed by atoms with Gasteiger partial charge in [0.25, 0.3) is 11.8 Å². The maximum Gasteiger partial charge on any atom is 0.314 e. The summed E-state index contributed by atoms with van der Waals surface area (Å²) in [6, 6.07) is 9.19. The van der Waals surface area contributed by atoms with E-state index in [1.807, 2.05) is 24.3 Å². The Labute approximate surface area is 168 Å². The first-order valence-corrected chi connectivity index (χ1v) is 9.83. The number of thiazole rings is 1. The van der Waals surface area contributed by atoms with E-state index in [1.54, 1.807) is 6.07 Å². The van der Waals surface area contributed by atoms with E-state index in [9.17, 15) is 8.78 Å². The first-order valence-electron chi connectivity index (χ1n) is 8.20. The van der Waals surface area contributed by atoms with Crippen LogP contribution in [0.3, 0.4) is 0 Å². The molecule has 0 saturated carbocycles. The standard InChI is InChI=1S/C16H10F2N8OS2/c17-12(18)15-23-22-14(27-15)10-4-2-8(28-10)6-26-24-13(21-25-26)7-1-3-9-11(5-7)29-16(19)20-9/h1-5,12H,6H2,(H2,19,20). The molecule has 5 aromatic rings. The van der Waals surface area contributed by atoms with Crippen LogP contribution in [0.1, 0.15) is 17.2 Å². The van der Waals surface area contributed by atoms with E-state index in [4.69, 9.17) is 10.2 Å². The van der Waals surface area contributed by atoms with Crippen LogP contribution in [-0.4, -0.2) is 35.4 Å². The Hall–Kier alpha value is -3.32. The Bertz CT molecular complexity index is 1310. The molecule has 29 heavy (non-hydrogen) atoms. The monoisotopic (exact) mass is 432 g/mol. The van der Waals surface area contributed by atoms with Gasteiger partial charge in [-0.3, -0.25) is 0 Å². The Morgan fingerprint density at radius 3 is 2.83 bits per heavy atom. The van der Waals surface area contributed by atoms with Crippen LogP contribution in [0.2, 0.25) is 0 Å². The van der Waals surface area contributed by atoms with E-state index < -0.39 is 12.3 Å². The molecule has 5 rings (SSSR count). The fourth-order valence-electron chi connectivity index (χ4n) is 2.65. The lowest BCUT2D eigenvalue weighted by atomic mass is 10.2. The van der Waals surface area contributed by atoms with Crippen LogP contribution in [-0.2, 0) is 6.54 Å². The van der Waals surface area contributed by atoms with E-state index in [-0.39, 0.29) is 5.89 Å². The van der Waals surface area contributed by atoms with Crippen LogP contribution in [0, 0.1) is 0 Å². The van der Waals surface area contributed by atoms with Gasteiger partial charge in [-0.05, 0) is 35.5 Å². The summed E-state index contributed by atoms with van der Waals surface area (Å²) in [5, 5.41) is 20.1. The second-order valence-electron chi connectivity index (χ2n) is 5.89. The molecular weight excluding hydrogens is 422 g/mol. The molecule has 0 fully saturated rings. The van der Waals surface area contributed by atoms with Crippen molar-refractivity contribution in [2.45, 2.75) is 13.0 Å². The normalized spacial score (nSPS) is 11.7. The third-order valence-corrected chi connectivity index (χ3v) is 5.82. The number of nitrogen functional groups attached to an aromatic ring is 1. The number of halogens is 2. The summed E-state index contributed by atoms with van der Waals surface area (Å²) in [7, 11) is 0. The summed E-state index contributed by atoms with van der Waals surface area (Å²) >= 11 is 2.72. The highest BCUT2D eigenvalue weighted by atomic mass is 32.1. The van der Waals surface area contributed by atoms with Gasteiger partial charge in [-0.2, -0.15) is 13.6 Å². The van der Waals surface area contributed by atoms with Crippen LogP contribution < -0.4 is 5.73 Å². The van der Waals surface area contributed by atoms with Crippen molar-refractivity contribution in [3.05, 3.63) is 41.1 Å². The Morgan fingerprint density at radius 1 is 1.10 bits per heavy atom. The number of hydrogen-bond acceptors (Lipinski definition) is 10. The lowest BCUT2D eigenvalue weighted by molar-refractivity contribution is 0.116. The number of nitrogens with zero attached hydrogens (tertiary/aromatic N) is 7. The van der Waals surface area contributed by atoms with Gasteiger partial charge < -0.3 is 10.2 Å². The van der Waals surface area contributed by atoms with Crippen molar-refractivity contribution >= 4 is 38.0 Å². The molecule has 2 N–H and O–H groups in total. The molecule has 0 aliphatic rings. The molecule has 0 unspecified atom stereocenters. The molecule has 0 saturated heterocycles. The summed E-state index contributed by atoms with van der Waals surface area (Å²) in [6.07, 6.45) is -2.80. The molecule has 0 spiro atoms. The summed E-state index contributed by atoms with van der Waals surface area (Å²) in [5.74, 6) is -0.160. The summed E-state index contributed by atoms with van der Waals surface area (Å²) < 4.78 is 31.1. The average Bonchev–Trinajstić information content (AvgIpc) is 3.47. The number of rotatable bonds is 5. The number of aromatic nitrogens is 7. The molecule has 4 heterocycles. The molecule has 9 nitrogen and oxygen atoms in total. The van der Waals surface area contributed by atoms with Gasteiger partial charge in [-0.1, -0.05) is 11.3 Å². The lowest BCUT2D eigenvalue weighted by Crippen LogP contribution is -2.02. The zero-order valence-electron chi connectivity index (χ0n) is 14.4. The van der Waals surface area contributed by atoms with E-state index in [0.29, 0.717) is 22.4 Å². The van der Waals surface area contributed by atoms with Gasteiger partial charge >= 0.3 is 6.43 Å². The molecule has 0 radical (unpaired) electrons. The zero-order chi connectivity index (χ0) is 20.0. The average molecular weight is 432 g/mol. The minimum Gasteiger partial charge on any atom is -0.414 e. The smallest absolute Gasteiger partial charge is 0.314 e. The Balaban J connectivity index is 1.35.